The Hall–Kier alpha value is -3.42. The van der Waals surface area contributed by atoms with Gasteiger partial charge in [0.15, 0.2) is 17.3 Å². The van der Waals surface area contributed by atoms with Gasteiger partial charge in [0.05, 0.1) is 13.2 Å². The Kier molecular flexibility index (Phi) is 6.22. The van der Waals surface area contributed by atoms with Crippen LogP contribution in [0.15, 0.2) is 69.2 Å². The minimum absolute atomic E-state index is 0.0487. The third kappa shape index (κ3) is 4.49. The SMILES string of the molecule is CN(C)c1ccc(CC(=O)c2cccc(-c3csc4c(=O)cc(N5CCOCC5)oc34)c2)cc1. The number of hydrogen-bond acceptors (Lipinski definition) is 7. The van der Waals surface area contributed by atoms with Crippen molar-refractivity contribution in [3.05, 3.63) is 81.3 Å². The number of rotatable bonds is 6. The number of Topliss-reactive ketones (excluding diaryl/α,β-unsaturated/α-hetero) is 1. The van der Waals surface area contributed by atoms with Gasteiger partial charge in [-0.05, 0) is 29.3 Å². The Labute approximate surface area is 202 Å². The zero-order chi connectivity index (χ0) is 23.7. The van der Waals surface area contributed by atoms with Crippen LogP contribution >= 0.6 is 11.3 Å². The van der Waals surface area contributed by atoms with Crippen LogP contribution in [0.2, 0.25) is 0 Å². The fraction of sp³-hybridized carbons (Fsp3) is 0.259. The average molecular weight is 475 g/mol. The molecule has 1 fully saturated rings. The maximum absolute atomic E-state index is 13.0. The van der Waals surface area contributed by atoms with E-state index >= 15 is 0 Å². The summed E-state index contributed by atoms with van der Waals surface area (Å²) in [5, 5.41) is 1.93. The van der Waals surface area contributed by atoms with Crippen LogP contribution in [0.25, 0.3) is 21.4 Å². The van der Waals surface area contributed by atoms with Crippen molar-refractivity contribution in [2.24, 2.45) is 0 Å². The quantitative estimate of drug-likeness (QED) is 0.372. The minimum Gasteiger partial charge on any atom is -0.439 e. The van der Waals surface area contributed by atoms with Gasteiger partial charge in [-0.2, -0.15) is 0 Å². The zero-order valence-corrected chi connectivity index (χ0v) is 20.1. The van der Waals surface area contributed by atoms with Gasteiger partial charge in [0.2, 0.25) is 5.43 Å². The van der Waals surface area contributed by atoms with Crippen LogP contribution in [0.5, 0.6) is 0 Å². The highest BCUT2D eigenvalue weighted by Crippen LogP contribution is 2.35. The van der Waals surface area contributed by atoms with E-state index in [-0.39, 0.29) is 11.2 Å². The molecule has 0 radical (unpaired) electrons. The summed E-state index contributed by atoms with van der Waals surface area (Å²) >= 11 is 1.37. The van der Waals surface area contributed by atoms with Crippen LogP contribution in [0.1, 0.15) is 15.9 Å². The summed E-state index contributed by atoms with van der Waals surface area (Å²) in [6, 6.07) is 17.1. The van der Waals surface area contributed by atoms with Crippen LogP contribution in [-0.4, -0.2) is 46.2 Å². The van der Waals surface area contributed by atoms with Gasteiger partial charge in [-0.1, -0.05) is 30.3 Å². The molecule has 0 amide bonds. The lowest BCUT2D eigenvalue weighted by molar-refractivity contribution is 0.0993. The predicted molar refractivity (Wildman–Crippen MR) is 138 cm³/mol. The molecule has 3 heterocycles. The van der Waals surface area contributed by atoms with E-state index in [2.05, 4.69) is 0 Å². The number of benzene rings is 2. The highest BCUT2D eigenvalue weighted by Gasteiger charge is 2.19. The van der Waals surface area contributed by atoms with Gasteiger partial charge in [0.1, 0.15) is 4.70 Å². The first-order valence-corrected chi connectivity index (χ1v) is 12.2. The van der Waals surface area contributed by atoms with Crippen LogP contribution in [-0.2, 0) is 11.2 Å². The molecule has 1 saturated heterocycles. The number of fused-ring (bicyclic) bond motifs is 1. The number of carbonyl (C=O) groups excluding carboxylic acids is 1. The van der Waals surface area contributed by atoms with Crippen molar-refractivity contribution in [3.8, 4) is 11.1 Å². The molecule has 2 aromatic carbocycles. The first kappa shape index (κ1) is 22.4. The molecule has 174 valence electrons. The number of morpholine rings is 1. The number of hydrogen-bond donors (Lipinski definition) is 0. The normalized spacial score (nSPS) is 13.9. The van der Waals surface area contributed by atoms with E-state index in [9.17, 15) is 9.59 Å². The molecule has 4 aromatic rings. The molecule has 0 spiro atoms. The molecule has 1 aliphatic heterocycles. The molecule has 1 aliphatic rings. The van der Waals surface area contributed by atoms with Gasteiger partial charge in [-0.15, -0.1) is 11.3 Å². The smallest absolute Gasteiger partial charge is 0.204 e. The predicted octanol–water partition coefficient (Wildman–Crippen LogP) is 4.85. The molecular formula is C27H26N2O4S. The van der Waals surface area contributed by atoms with Crippen LogP contribution in [0, 0.1) is 0 Å². The minimum atomic E-state index is -0.0487. The Morgan fingerprint density at radius 2 is 1.82 bits per heavy atom. The van der Waals surface area contributed by atoms with E-state index in [4.69, 9.17) is 9.15 Å². The molecule has 0 bridgehead atoms. The van der Waals surface area contributed by atoms with Gasteiger partial charge in [-0.25, -0.2) is 0 Å². The number of ketones is 1. The second-order valence-electron chi connectivity index (χ2n) is 8.60. The number of nitrogens with zero attached hydrogens (tertiary/aromatic N) is 2. The first-order chi connectivity index (χ1) is 16.5. The standard InChI is InChI=1S/C27H26N2O4S/c1-28(2)21-8-6-18(7-9-21)14-23(30)20-5-3-4-19(15-20)22-17-34-27-24(31)16-25(33-26(22)27)29-10-12-32-13-11-29/h3-9,15-17H,10-14H2,1-2H3. The van der Waals surface area contributed by atoms with Gasteiger partial charge < -0.3 is 19.0 Å². The highest BCUT2D eigenvalue weighted by atomic mass is 32.1. The summed E-state index contributed by atoms with van der Waals surface area (Å²) in [7, 11) is 3.98. The topological polar surface area (TPSA) is 63.0 Å². The molecule has 34 heavy (non-hydrogen) atoms. The van der Waals surface area contributed by atoms with E-state index in [1.807, 2.05) is 77.8 Å². The van der Waals surface area contributed by atoms with Crippen molar-refractivity contribution in [2.75, 3.05) is 50.2 Å². The highest BCUT2D eigenvalue weighted by molar-refractivity contribution is 7.17. The average Bonchev–Trinajstić information content (AvgIpc) is 3.30. The van der Waals surface area contributed by atoms with Crippen LogP contribution in [0.4, 0.5) is 11.6 Å². The maximum atomic E-state index is 13.0. The van der Waals surface area contributed by atoms with Crippen molar-refractivity contribution >= 4 is 39.0 Å². The van der Waals surface area contributed by atoms with Gasteiger partial charge in [0, 0.05) is 61.9 Å². The third-order valence-corrected chi connectivity index (χ3v) is 7.04. The zero-order valence-electron chi connectivity index (χ0n) is 19.2. The van der Waals surface area contributed by atoms with Crippen LogP contribution < -0.4 is 15.2 Å². The largest absolute Gasteiger partial charge is 0.439 e. The summed E-state index contributed by atoms with van der Waals surface area (Å²) in [6.07, 6.45) is 0.331. The van der Waals surface area contributed by atoms with Crippen molar-refractivity contribution in [1.29, 1.82) is 0 Å². The van der Waals surface area contributed by atoms with E-state index in [1.165, 1.54) is 11.3 Å². The van der Waals surface area contributed by atoms with Crippen molar-refractivity contribution in [1.82, 2.24) is 0 Å². The summed E-state index contributed by atoms with van der Waals surface area (Å²) in [6.45, 7) is 2.60. The van der Waals surface area contributed by atoms with E-state index in [1.54, 1.807) is 6.07 Å². The van der Waals surface area contributed by atoms with Crippen molar-refractivity contribution in [2.45, 2.75) is 6.42 Å². The third-order valence-electron chi connectivity index (χ3n) is 6.07. The number of thiophene rings is 1. The van der Waals surface area contributed by atoms with E-state index < -0.39 is 0 Å². The molecule has 5 rings (SSSR count). The molecule has 7 heteroatoms. The monoisotopic (exact) mass is 474 g/mol. The van der Waals surface area contributed by atoms with Gasteiger partial charge in [0.25, 0.3) is 0 Å². The molecule has 0 saturated carbocycles. The van der Waals surface area contributed by atoms with Crippen molar-refractivity contribution in [3.63, 3.8) is 0 Å². The van der Waals surface area contributed by atoms with Gasteiger partial charge >= 0.3 is 0 Å². The number of anilines is 2. The number of carbonyl (C=O) groups is 1. The Balaban J connectivity index is 1.44. The fourth-order valence-corrected chi connectivity index (χ4v) is 5.04. The lowest BCUT2D eigenvalue weighted by Crippen LogP contribution is -2.36. The summed E-state index contributed by atoms with van der Waals surface area (Å²) in [4.78, 5) is 29.9. The molecule has 0 aliphatic carbocycles. The lowest BCUT2D eigenvalue weighted by Gasteiger charge is -2.27. The van der Waals surface area contributed by atoms with E-state index in [0.29, 0.717) is 54.5 Å². The summed E-state index contributed by atoms with van der Waals surface area (Å²) in [5.41, 5.74) is 4.93. The molecule has 6 nitrogen and oxygen atoms in total. The fourth-order valence-electron chi connectivity index (χ4n) is 4.13. The van der Waals surface area contributed by atoms with E-state index in [0.717, 1.165) is 22.4 Å². The molecule has 2 aromatic heterocycles. The first-order valence-electron chi connectivity index (χ1n) is 11.3. The summed E-state index contributed by atoms with van der Waals surface area (Å²) < 4.78 is 12.2. The Bertz CT molecular complexity index is 1380. The second-order valence-corrected chi connectivity index (χ2v) is 9.48. The van der Waals surface area contributed by atoms with Gasteiger partial charge in [-0.3, -0.25) is 9.59 Å². The Morgan fingerprint density at radius 3 is 2.56 bits per heavy atom. The maximum Gasteiger partial charge on any atom is 0.204 e. The molecule has 0 atom stereocenters. The second kappa shape index (κ2) is 9.44. The molecular weight excluding hydrogens is 448 g/mol. The van der Waals surface area contributed by atoms with Crippen molar-refractivity contribution < 1.29 is 13.9 Å². The summed E-state index contributed by atoms with van der Waals surface area (Å²) in [5.74, 6) is 0.614. The lowest BCUT2D eigenvalue weighted by atomic mass is 9.99. The molecule has 0 unspecified atom stereocenters. The van der Waals surface area contributed by atoms with Crippen LogP contribution in [0.3, 0.4) is 0 Å². The molecule has 0 N–H and O–H groups in total. The Morgan fingerprint density at radius 1 is 1.06 bits per heavy atom. The number of ether oxygens (including phenoxy) is 1.